The van der Waals surface area contributed by atoms with Gasteiger partial charge in [0.1, 0.15) is 22.7 Å². The number of hydrogen-bond acceptors (Lipinski definition) is 4. The van der Waals surface area contributed by atoms with Crippen molar-refractivity contribution in [2.45, 2.75) is 24.3 Å². The maximum atomic E-state index is 12.5. The van der Waals surface area contributed by atoms with E-state index in [0.29, 0.717) is 52.8 Å². The largest absolute Gasteiger partial charge is 0.493 e. The molecule has 176 valence electrons. The van der Waals surface area contributed by atoms with Gasteiger partial charge in [-0.05, 0) is 54.4 Å². The Balaban J connectivity index is 1.40. The lowest BCUT2D eigenvalue weighted by Crippen LogP contribution is -2.32. The fourth-order valence-corrected chi connectivity index (χ4v) is 4.24. The number of ether oxygens (including phenoxy) is 2. The summed E-state index contributed by atoms with van der Waals surface area (Å²) in [6, 6.07) is 16.9. The van der Waals surface area contributed by atoms with Crippen LogP contribution in [0.2, 0.25) is 10.0 Å². The molecule has 0 saturated carbocycles. The molecular formula is C25H20Cl3NO5. The maximum Gasteiger partial charge on any atom is 0.311 e. The SMILES string of the molecule is O=C(NC(Cl)Cc1ccc(Cl)cc1)c1ccc(Oc2cc3c(cc2Cl)C(C(=O)O)CCO3)cc1. The molecule has 0 aliphatic carbocycles. The quantitative estimate of drug-likeness (QED) is 0.283. The van der Waals surface area contributed by atoms with Crippen molar-refractivity contribution in [2.75, 3.05) is 6.61 Å². The molecule has 1 aliphatic heterocycles. The molecule has 2 atom stereocenters. The third-order valence-corrected chi connectivity index (χ3v) is 6.17. The second-order valence-corrected chi connectivity index (χ2v) is 9.12. The number of rotatable bonds is 7. The van der Waals surface area contributed by atoms with Gasteiger partial charge >= 0.3 is 5.97 Å². The van der Waals surface area contributed by atoms with Gasteiger partial charge in [-0.25, -0.2) is 0 Å². The van der Waals surface area contributed by atoms with Crippen LogP contribution in [0.1, 0.15) is 33.8 Å². The third-order valence-electron chi connectivity index (χ3n) is 5.36. The zero-order chi connectivity index (χ0) is 24.2. The standard InChI is InChI=1S/C25H20Cl3NO5/c26-16-5-1-14(2-6-16)11-23(28)29-24(30)15-3-7-17(8-4-15)34-22-13-21-19(12-20(22)27)18(25(31)32)9-10-33-21/h1-8,12-13,18,23H,9-11H2,(H,29,30)(H,31,32). The summed E-state index contributed by atoms with van der Waals surface area (Å²) in [6.45, 7) is 0.300. The second-order valence-electron chi connectivity index (χ2n) is 7.75. The van der Waals surface area contributed by atoms with Crippen molar-refractivity contribution in [3.8, 4) is 17.2 Å². The minimum Gasteiger partial charge on any atom is -0.493 e. The van der Waals surface area contributed by atoms with Crippen molar-refractivity contribution in [1.82, 2.24) is 5.32 Å². The van der Waals surface area contributed by atoms with Crippen LogP contribution in [-0.4, -0.2) is 29.1 Å². The van der Waals surface area contributed by atoms with Crippen LogP contribution >= 0.6 is 34.8 Å². The number of carbonyl (C=O) groups is 2. The Bertz CT molecular complexity index is 1200. The number of alkyl halides is 1. The predicted molar refractivity (Wildman–Crippen MR) is 131 cm³/mol. The molecular weight excluding hydrogens is 501 g/mol. The number of aliphatic carboxylic acids is 1. The van der Waals surface area contributed by atoms with E-state index in [-0.39, 0.29) is 10.9 Å². The summed E-state index contributed by atoms with van der Waals surface area (Å²) >= 11 is 18.5. The summed E-state index contributed by atoms with van der Waals surface area (Å²) in [6.07, 6.45) is 0.832. The molecule has 1 aliphatic rings. The number of carbonyl (C=O) groups excluding carboxylic acids is 1. The summed E-state index contributed by atoms with van der Waals surface area (Å²) in [5.74, 6) is -0.697. The minimum absolute atomic E-state index is 0.268. The van der Waals surface area contributed by atoms with Gasteiger partial charge in [0, 0.05) is 28.6 Å². The Morgan fingerprint density at radius 3 is 2.47 bits per heavy atom. The summed E-state index contributed by atoms with van der Waals surface area (Å²) < 4.78 is 11.4. The Hall–Kier alpha value is -2.93. The fourth-order valence-electron chi connectivity index (χ4n) is 3.63. The molecule has 0 aromatic heterocycles. The summed E-state index contributed by atoms with van der Waals surface area (Å²) in [4.78, 5) is 24.0. The Kier molecular flexibility index (Phi) is 7.51. The lowest BCUT2D eigenvalue weighted by atomic mass is 9.93. The van der Waals surface area contributed by atoms with E-state index in [0.717, 1.165) is 5.56 Å². The molecule has 2 unspecified atom stereocenters. The Morgan fingerprint density at radius 1 is 1.09 bits per heavy atom. The van der Waals surface area contributed by atoms with Crippen LogP contribution < -0.4 is 14.8 Å². The lowest BCUT2D eigenvalue weighted by molar-refractivity contribution is -0.139. The van der Waals surface area contributed by atoms with E-state index in [1.54, 1.807) is 48.5 Å². The monoisotopic (exact) mass is 519 g/mol. The summed E-state index contributed by atoms with van der Waals surface area (Å²) in [5.41, 5.74) is 1.30. The van der Waals surface area contributed by atoms with Gasteiger partial charge in [0.2, 0.25) is 0 Å². The van der Waals surface area contributed by atoms with Gasteiger partial charge in [-0.3, -0.25) is 9.59 Å². The van der Waals surface area contributed by atoms with E-state index in [9.17, 15) is 14.7 Å². The average molecular weight is 521 g/mol. The number of carboxylic acid groups (broad SMARTS) is 1. The molecule has 3 aromatic carbocycles. The van der Waals surface area contributed by atoms with E-state index in [4.69, 9.17) is 44.3 Å². The molecule has 2 N–H and O–H groups in total. The second kappa shape index (κ2) is 10.6. The topological polar surface area (TPSA) is 84.9 Å². The number of benzene rings is 3. The number of hydrogen-bond donors (Lipinski definition) is 2. The van der Waals surface area contributed by atoms with Crippen LogP contribution in [-0.2, 0) is 11.2 Å². The van der Waals surface area contributed by atoms with Crippen molar-refractivity contribution >= 4 is 46.7 Å². The van der Waals surface area contributed by atoms with Gasteiger partial charge < -0.3 is 19.9 Å². The van der Waals surface area contributed by atoms with Crippen molar-refractivity contribution in [2.24, 2.45) is 0 Å². The van der Waals surface area contributed by atoms with Crippen molar-refractivity contribution in [3.05, 3.63) is 87.4 Å². The van der Waals surface area contributed by atoms with Gasteiger partial charge in [-0.1, -0.05) is 46.9 Å². The van der Waals surface area contributed by atoms with Crippen LogP contribution in [0.15, 0.2) is 60.7 Å². The van der Waals surface area contributed by atoms with Crippen LogP contribution in [0.25, 0.3) is 0 Å². The molecule has 0 saturated heterocycles. The third kappa shape index (κ3) is 5.76. The highest BCUT2D eigenvalue weighted by atomic mass is 35.5. The molecule has 0 radical (unpaired) electrons. The van der Waals surface area contributed by atoms with E-state index in [2.05, 4.69) is 5.32 Å². The summed E-state index contributed by atoms with van der Waals surface area (Å²) in [7, 11) is 0. The average Bonchev–Trinajstić information content (AvgIpc) is 2.81. The Labute approximate surface area is 211 Å². The van der Waals surface area contributed by atoms with Crippen molar-refractivity contribution < 1.29 is 24.2 Å². The highest BCUT2D eigenvalue weighted by Gasteiger charge is 2.29. The molecule has 1 heterocycles. The van der Waals surface area contributed by atoms with Gasteiger partial charge in [-0.2, -0.15) is 0 Å². The van der Waals surface area contributed by atoms with E-state index in [1.165, 1.54) is 0 Å². The molecule has 34 heavy (non-hydrogen) atoms. The number of halogens is 3. The Morgan fingerprint density at radius 2 is 1.79 bits per heavy atom. The number of fused-ring (bicyclic) bond motifs is 1. The highest BCUT2D eigenvalue weighted by molar-refractivity contribution is 6.32. The van der Waals surface area contributed by atoms with E-state index in [1.807, 2.05) is 12.1 Å². The fraction of sp³-hybridized carbons (Fsp3) is 0.200. The number of carboxylic acids is 1. The van der Waals surface area contributed by atoms with Crippen molar-refractivity contribution in [1.29, 1.82) is 0 Å². The first-order chi connectivity index (χ1) is 16.3. The van der Waals surface area contributed by atoms with Gasteiger partial charge in [-0.15, -0.1) is 0 Å². The first-order valence-electron chi connectivity index (χ1n) is 10.5. The minimum atomic E-state index is -0.921. The number of amides is 1. The van der Waals surface area contributed by atoms with Gasteiger partial charge in [0.25, 0.3) is 5.91 Å². The number of nitrogens with one attached hydrogen (secondary N) is 1. The molecule has 6 nitrogen and oxygen atoms in total. The molecule has 4 rings (SSSR count). The van der Waals surface area contributed by atoms with E-state index >= 15 is 0 Å². The molecule has 0 spiro atoms. The molecule has 1 amide bonds. The molecule has 9 heteroatoms. The van der Waals surface area contributed by atoms with Crippen LogP contribution in [0.3, 0.4) is 0 Å². The zero-order valence-corrected chi connectivity index (χ0v) is 20.0. The summed E-state index contributed by atoms with van der Waals surface area (Å²) in [5, 5.41) is 13.1. The normalized spacial score (nSPS) is 15.6. The predicted octanol–water partition coefficient (Wildman–Crippen LogP) is 6.27. The zero-order valence-electron chi connectivity index (χ0n) is 17.8. The molecule has 0 fully saturated rings. The highest BCUT2D eigenvalue weighted by Crippen LogP contribution is 2.41. The van der Waals surface area contributed by atoms with Crippen LogP contribution in [0.5, 0.6) is 17.2 Å². The molecule has 0 bridgehead atoms. The maximum absolute atomic E-state index is 12.5. The van der Waals surface area contributed by atoms with Crippen LogP contribution in [0, 0.1) is 0 Å². The first kappa shape index (κ1) is 24.2. The lowest BCUT2D eigenvalue weighted by Gasteiger charge is -2.24. The smallest absolute Gasteiger partial charge is 0.311 e. The van der Waals surface area contributed by atoms with E-state index < -0.39 is 17.4 Å². The van der Waals surface area contributed by atoms with Gasteiger partial charge in [0.05, 0.1) is 17.5 Å². The van der Waals surface area contributed by atoms with Crippen molar-refractivity contribution in [3.63, 3.8) is 0 Å². The first-order valence-corrected chi connectivity index (χ1v) is 11.7. The van der Waals surface area contributed by atoms with Gasteiger partial charge in [0.15, 0.2) is 0 Å². The molecule has 3 aromatic rings. The van der Waals surface area contributed by atoms with Crippen LogP contribution in [0.4, 0.5) is 0 Å².